The van der Waals surface area contributed by atoms with Gasteiger partial charge in [0.25, 0.3) is 0 Å². The van der Waals surface area contributed by atoms with E-state index in [-0.39, 0.29) is 11.3 Å². The van der Waals surface area contributed by atoms with Crippen LogP contribution in [0.2, 0.25) is 0 Å². The summed E-state index contributed by atoms with van der Waals surface area (Å²) in [6, 6.07) is 5.44. The van der Waals surface area contributed by atoms with Gasteiger partial charge in [0.2, 0.25) is 0 Å². The fourth-order valence-corrected chi connectivity index (χ4v) is 4.09. The average Bonchev–Trinajstić information content (AvgIpc) is 2.77. The van der Waals surface area contributed by atoms with Crippen LogP contribution in [0.4, 0.5) is 17.6 Å². The maximum absolute atomic E-state index is 13.5. The van der Waals surface area contributed by atoms with Gasteiger partial charge in [-0.05, 0) is 36.4 Å². The number of thioether (sulfide) groups is 1. The van der Waals surface area contributed by atoms with Crippen LogP contribution in [0.15, 0.2) is 51.4 Å². The number of hydrogen-bond donors (Lipinski definition) is 4. The molecule has 1 aliphatic rings. The molecule has 1 heterocycles. The van der Waals surface area contributed by atoms with Crippen LogP contribution < -0.4 is 5.84 Å². The van der Waals surface area contributed by atoms with E-state index in [4.69, 9.17) is 10.6 Å². The highest BCUT2D eigenvalue weighted by Crippen LogP contribution is 2.34. The van der Waals surface area contributed by atoms with Crippen molar-refractivity contribution < 1.29 is 37.6 Å². The lowest BCUT2D eigenvalue weighted by Crippen LogP contribution is -2.56. The van der Waals surface area contributed by atoms with Crippen LogP contribution in [-0.4, -0.2) is 63.6 Å². The van der Waals surface area contributed by atoms with Crippen molar-refractivity contribution in [2.45, 2.75) is 34.7 Å². The van der Waals surface area contributed by atoms with E-state index in [1.807, 2.05) is 0 Å². The number of hydrogen-bond acceptors (Lipinski definition) is 8. The summed E-state index contributed by atoms with van der Waals surface area (Å²) in [7, 11) is 0. The molecule has 0 radical (unpaired) electrons. The maximum Gasteiger partial charge on any atom is 0.194 e. The van der Waals surface area contributed by atoms with Crippen molar-refractivity contribution >= 4 is 23.7 Å². The summed E-state index contributed by atoms with van der Waals surface area (Å²) < 4.78 is 58.9. The fraction of sp³-hybridized carbons (Fsp3) is 0.300. The molecule has 32 heavy (non-hydrogen) atoms. The quantitative estimate of drug-likeness (QED) is 0.166. The van der Waals surface area contributed by atoms with Gasteiger partial charge in [0.05, 0.1) is 6.61 Å². The van der Waals surface area contributed by atoms with Crippen LogP contribution in [0.25, 0.3) is 0 Å². The van der Waals surface area contributed by atoms with Gasteiger partial charge in [0.15, 0.2) is 17.5 Å². The summed E-state index contributed by atoms with van der Waals surface area (Å²) in [5, 5.41) is 34.0. The Morgan fingerprint density at radius 3 is 2.25 bits per heavy atom. The Hall–Kier alpha value is -2.51. The first kappa shape index (κ1) is 24.1. The first-order chi connectivity index (χ1) is 15.2. The van der Waals surface area contributed by atoms with E-state index in [1.54, 1.807) is 0 Å². The fourth-order valence-electron chi connectivity index (χ4n) is 3.03. The molecule has 0 amide bonds. The van der Waals surface area contributed by atoms with E-state index in [0.29, 0.717) is 17.0 Å². The van der Waals surface area contributed by atoms with Gasteiger partial charge in [-0.2, -0.15) is 5.10 Å². The normalized spacial score (nSPS) is 26.6. The van der Waals surface area contributed by atoms with Crippen LogP contribution in [0.1, 0.15) is 5.56 Å². The average molecular weight is 473 g/mol. The van der Waals surface area contributed by atoms with Gasteiger partial charge < -0.3 is 25.9 Å². The largest absolute Gasteiger partial charge is 0.394 e. The molecule has 0 bridgehead atoms. The zero-order valence-corrected chi connectivity index (χ0v) is 17.1. The Bertz CT molecular complexity index is 986. The first-order valence-electron chi connectivity index (χ1n) is 9.25. The minimum Gasteiger partial charge on any atom is -0.394 e. The van der Waals surface area contributed by atoms with Crippen molar-refractivity contribution in [2.24, 2.45) is 15.9 Å². The minimum absolute atomic E-state index is 0.223. The van der Waals surface area contributed by atoms with Gasteiger partial charge in [-0.3, -0.25) is 4.99 Å². The van der Waals surface area contributed by atoms with E-state index < -0.39 is 59.7 Å². The van der Waals surface area contributed by atoms with E-state index in [2.05, 4.69) is 10.1 Å². The summed E-state index contributed by atoms with van der Waals surface area (Å²) in [5.74, 6) is 0.220. The molecule has 1 saturated heterocycles. The molecule has 3 unspecified atom stereocenters. The second kappa shape index (κ2) is 10.4. The SMILES string of the molecule is NN=C(C=NC1C(O)[C@@H](Sc2ccc(F)cc2)OC(CO)[C@@H]1O)c1cc(F)c(F)c(F)c1. The summed E-state index contributed by atoms with van der Waals surface area (Å²) in [6.07, 6.45) is -3.00. The molecule has 7 nitrogen and oxygen atoms in total. The van der Waals surface area contributed by atoms with Gasteiger partial charge >= 0.3 is 0 Å². The Balaban J connectivity index is 1.84. The lowest BCUT2D eigenvalue weighted by molar-refractivity contribution is -0.159. The van der Waals surface area contributed by atoms with E-state index >= 15 is 0 Å². The Kier molecular flexibility index (Phi) is 7.85. The van der Waals surface area contributed by atoms with Crippen molar-refractivity contribution in [3.63, 3.8) is 0 Å². The molecule has 1 aliphatic heterocycles. The smallest absolute Gasteiger partial charge is 0.194 e. The molecule has 2 aromatic carbocycles. The van der Waals surface area contributed by atoms with Crippen LogP contribution >= 0.6 is 11.8 Å². The molecule has 5 N–H and O–H groups in total. The highest BCUT2D eigenvalue weighted by molar-refractivity contribution is 7.99. The van der Waals surface area contributed by atoms with Gasteiger partial charge in [-0.15, -0.1) is 0 Å². The minimum atomic E-state index is -1.66. The standard InChI is InChI=1S/C20H19F4N3O4S/c21-10-1-3-11(4-2-10)32-20-19(30)17(18(29)15(8-28)31-20)26-7-14(27-25)9-5-12(22)16(24)13(23)6-9/h1-7,15,17-20,28-30H,8,25H2/t15?,17?,18-,19?,20+/m0/s1. The van der Waals surface area contributed by atoms with Gasteiger partial charge in [-0.25, -0.2) is 17.6 Å². The van der Waals surface area contributed by atoms with Crippen LogP contribution in [0, 0.1) is 23.3 Å². The number of halogens is 4. The number of ether oxygens (including phenoxy) is 1. The predicted molar refractivity (Wildman–Crippen MR) is 109 cm³/mol. The molecular formula is C20H19F4N3O4S. The zero-order valence-electron chi connectivity index (χ0n) is 16.3. The third kappa shape index (κ3) is 5.27. The van der Waals surface area contributed by atoms with Crippen LogP contribution in [0.3, 0.4) is 0 Å². The number of nitrogens with two attached hydrogens (primary N) is 1. The molecule has 12 heteroatoms. The predicted octanol–water partition coefficient (Wildman–Crippen LogP) is 1.58. The molecule has 3 rings (SSSR count). The number of nitrogens with zero attached hydrogens (tertiary/aromatic N) is 2. The van der Waals surface area contributed by atoms with E-state index in [0.717, 1.165) is 18.0 Å². The number of benzene rings is 2. The molecule has 0 aromatic heterocycles. The molecule has 5 atom stereocenters. The van der Waals surface area contributed by atoms with Gasteiger partial charge in [-0.1, -0.05) is 11.8 Å². The third-order valence-electron chi connectivity index (χ3n) is 4.70. The topological polar surface area (TPSA) is 121 Å². The summed E-state index contributed by atoms with van der Waals surface area (Å²) in [5.41, 5.74) is -1.47. The van der Waals surface area contributed by atoms with Gasteiger partial charge in [0.1, 0.15) is 41.3 Å². The molecule has 0 aliphatic carbocycles. The summed E-state index contributed by atoms with van der Waals surface area (Å²) in [4.78, 5) is 4.59. The highest BCUT2D eigenvalue weighted by Gasteiger charge is 2.44. The highest BCUT2D eigenvalue weighted by atomic mass is 32.2. The van der Waals surface area contributed by atoms with Crippen molar-refractivity contribution in [3.8, 4) is 0 Å². The molecule has 0 saturated carbocycles. The summed E-state index contributed by atoms with van der Waals surface area (Å²) >= 11 is 1.02. The van der Waals surface area contributed by atoms with Crippen molar-refractivity contribution in [3.05, 3.63) is 65.2 Å². The first-order valence-corrected chi connectivity index (χ1v) is 10.1. The lowest BCUT2D eigenvalue weighted by atomic mass is 9.98. The van der Waals surface area contributed by atoms with Crippen molar-refractivity contribution in [1.29, 1.82) is 0 Å². The number of rotatable bonds is 6. The molecule has 2 aromatic rings. The number of hydrazone groups is 1. The number of aliphatic hydroxyl groups excluding tert-OH is 3. The summed E-state index contributed by atoms with van der Waals surface area (Å²) in [6.45, 7) is -0.591. The Morgan fingerprint density at radius 2 is 1.69 bits per heavy atom. The molecule has 0 spiro atoms. The molecule has 172 valence electrons. The maximum atomic E-state index is 13.5. The van der Waals surface area contributed by atoms with E-state index in [9.17, 15) is 32.9 Å². The third-order valence-corrected chi connectivity index (χ3v) is 5.87. The second-order valence-electron chi connectivity index (χ2n) is 6.82. The molecular weight excluding hydrogens is 454 g/mol. The number of aliphatic imine (C=N–C) groups is 1. The zero-order chi connectivity index (χ0) is 23.4. The van der Waals surface area contributed by atoms with Crippen molar-refractivity contribution in [1.82, 2.24) is 0 Å². The van der Waals surface area contributed by atoms with Crippen LogP contribution in [-0.2, 0) is 4.74 Å². The molecule has 1 fully saturated rings. The van der Waals surface area contributed by atoms with Crippen molar-refractivity contribution in [2.75, 3.05) is 6.61 Å². The van der Waals surface area contributed by atoms with Gasteiger partial charge in [0, 0.05) is 16.7 Å². The Morgan fingerprint density at radius 1 is 1.06 bits per heavy atom. The second-order valence-corrected chi connectivity index (χ2v) is 7.99. The lowest BCUT2D eigenvalue weighted by Gasteiger charge is -2.40. The van der Waals surface area contributed by atoms with Crippen LogP contribution in [0.5, 0.6) is 0 Å². The number of aliphatic hydroxyl groups is 3. The van der Waals surface area contributed by atoms with E-state index in [1.165, 1.54) is 24.3 Å². The monoisotopic (exact) mass is 473 g/mol. The Labute approximate surface area is 184 Å².